The van der Waals surface area contributed by atoms with Crippen LogP contribution in [0.2, 0.25) is 5.02 Å². The molecular weight excluding hydrogens is 484 g/mol. The predicted octanol–water partition coefficient (Wildman–Crippen LogP) is 3.98. The van der Waals surface area contributed by atoms with Gasteiger partial charge in [0.25, 0.3) is 5.91 Å². The first-order chi connectivity index (χ1) is 17.5. The molecule has 3 aromatic rings. The molecule has 1 fully saturated rings. The van der Waals surface area contributed by atoms with Gasteiger partial charge in [0.05, 0.1) is 19.4 Å². The van der Waals surface area contributed by atoms with Crippen molar-refractivity contribution >= 4 is 52.2 Å². The van der Waals surface area contributed by atoms with Crippen molar-refractivity contribution in [3.05, 3.63) is 72.4 Å². The van der Waals surface area contributed by atoms with Crippen molar-refractivity contribution in [3.63, 3.8) is 0 Å². The van der Waals surface area contributed by atoms with Crippen LogP contribution in [0.3, 0.4) is 0 Å². The molecule has 36 heavy (non-hydrogen) atoms. The van der Waals surface area contributed by atoms with Gasteiger partial charge in [0.15, 0.2) is 12.4 Å². The molecule has 0 bridgehead atoms. The number of carbonyl (C=O) groups excluding carboxylic acids is 2. The second-order valence-corrected chi connectivity index (χ2v) is 8.13. The summed E-state index contributed by atoms with van der Waals surface area (Å²) in [5.74, 6) is 0.921. The zero-order valence-corrected chi connectivity index (χ0v) is 20.1. The molecule has 0 saturated carbocycles. The van der Waals surface area contributed by atoms with E-state index in [1.54, 1.807) is 47.4 Å². The fourth-order valence-electron chi connectivity index (χ4n) is 3.33. The molecule has 2 amide bonds. The number of ether oxygens (including phenoxy) is 2. The molecule has 1 saturated heterocycles. The van der Waals surface area contributed by atoms with Crippen molar-refractivity contribution in [1.29, 1.82) is 0 Å². The molecule has 0 aliphatic carbocycles. The zero-order chi connectivity index (χ0) is 25.3. The van der Waals surface area contributed by atoms with Crippen molar-refractivity contribution in [2.24, 2.45) is 0 Å². The van der Waals surface area contributed by atoms with E-state index in [0.29, 0.717) is 60.2 Å². The standard InChI is InChI=1S/C25H25ClN6O4/c1-2-22(33)28-18-4-3-5-19(14-18)29-24-21(26)15-27-25(31-24)30-17-6-8-20(9-7-17)36-16-23(34)32-10-12-35-13-11-32/h2-9,14-15H,1,10-13,16H2,(H,28,33)(H2,27,29,30,31). The number of hydrogen-bond donors (Lipinski definition) is 3. The van der Waals surface area contributed by atoms with Crippen LogP contribution in [0.1, 0.15) is 0 Å². The van der Waals surface area contributed by atoms with E-state index in [-0.39, 0.29) is 18.4 Å². The third kappa shape index (κ3) is 6.94. The summed E-state index contributed by atoms with van der Waals surface area (Å²) in [5, 5.41) is 9.27. The number of anilines is 5. The highest BCUT2D eigenvalue weighted by Crippen LogP contribution is 2.26. The summed E-state index contributed by atoms with van der Waals surface area (Å²) < 4.78 is 10.9. The molecule has 11 heteroatoms. The van der Waals surface area contributed by atoms with E-state index in [0.717, 1.165) is 5.69 Å². The molecule has 0 spiro atoms. The Labute approximate surface area is 213 Å². The summed E-state index contributed by atoms with van der Waals surface area (Å²) >= 11 is 6.28. The third-order valence-corrected chi connectivity index (χ3v) is 5.44. The van der Waals surface area contributed by atoms with Crippen LogP contribution in [-0.2, 0) is 14.3 Å². The molecule has 186 valence electrons. The van der Waals surface area contributed by atoms with Gasteiger partial charge in [-0.1, -0.05) is 24.2 Å². The molecule has 10 nitrogen and oxygen atoms in total. The monoisotopic (exact) mass is 508 g/mol. The lowest BCUT2D eigenvalue weighted by Crippen LogP contribution is -2.42. The van der Waals surface area contributed by atoms with E-state index in [9.17, 15) is 9.59 Å². The van der Waals surface area contributed by atoms with Crippen molar-refractivity contribution in [3.8, 4) is 5.75 Å². The molecule has 2 aromatic carbocycles. The maximum Gasteiger partial charge on any atom is 0.260 e. The number of halogens is 1. The maximum absolute atomic E-state index is 12.2. The number of nitrogens with zero attached hydrogens (tertiary/aromatic N) is 3. The smallest absolute Gasteiger partial charge is 0.260 e. The van der Waals surface area contributed by atoms with Crippen LogP contribution >= 0.6 is 11.6 Å². The highest BCUT2D eigenvalue weighted by molar-refractivity contribution is 6.32. The van der Waals surface area contributed by atoms with Crippen LogP contribution in [0, 0.1) is 0 Å². The molecule has 1 aliphatic rings. The Balaban J connectivity index is 1.36. The highest BCUT2D eigenvalue weighted by atomic mass is 35.5. The summed E-state index contributed by atoms with van der Waals surface area (Å²) in [5.41, 5.74) is 2.00. The number of benzene rings is 2. The Bertz CT molecular complexity index is 1230. The minimum atomic E-state index is -0.307. The van der Waals surface area contributed by atoms with E-state index in [1.165, 1.54) is 12.3 Å². The van der Waals surface area contributed by atoms with E-state index in [2.05, 4.69) is 32.5 Å². The number of hydrogen-bond acceptors (Lipinski definition) is 8. The molecule has 0 atom stereocenters. The Morgan fingerprint density at radius 3 is 2.58 bits per heavy atom. The molecular formula is C25H25ClN6O4. The van der Waals surface area contributed by atoms with Crippen LogP contribution in [0.5, 0.6) is 5.75 Å². The van der Waals surface area contributed by atoms with Gasteiger partial charge >= 0.3 is 0 Å². The largest absolute Gasteiger partial charge is 0.484 e. The van der Waals surface area contributed by atoms with E-state index >= 15 is 0 Å². The van der Waals surface area contributed by atoms with E-state index in [1.807, 2.05) is 6.07 Å². The number of carbonyl (C=O) groups is 2. The Kier molecular flexibility index (Phi) is 8.32. The molecule has 0 unspecified atom stereocenters. The average Bonchev–Trinajstić information content (AvgIpc) is 2.90. The Hall–Kier alpha value is -4.15. The molecule has 0 radical (unpaired) electrons. The lowest BCUT2D eigenvalue weighted by Gasteiger charge is -2.26. The minimum Gasteiger partial charge on any atom is -0.484 e. The lowest BCUT2D eigenvalue weighted by molar-refractivity contribution is -0.137. The van der Waals surface area contributed by atoms with Gasteiger partial charge < -0.3 is 30.3 Å². The number of morpholine rings is 1. The zero-order valence-electron chi connectivity index (χ0n) is 19.4. The predicted molar refractivity (Wildman–Crippen MR) is 138 cm³/mol. The topological polar surface area (TPSA) is 118 Å². The summed E-state index contributed by atoms with van der Waals surface area (Å²) in [6.07, 6.45) is 2.68. The van der Waals surface area contributed by atoms with Crippen LogP contribution < -0.4 is 20.7 Å². The first kappa shape index (κ1) is 25.0. The van der Waals surface area contributed by atoms with Gasteiger partial charge in [0, 0.05) is 30.2 Å². The van der Waals surface area contributed by atoms with Gasteiger partial charge in [-0.05, 0) is 48.5 Å². The summed E-state index contributed by atoms with van der Waals surface area (Å²) in [6.45, 7) is 5.69. The lowest BCUT2D eigenvalue weighted by atomic mass is 10.2. The SMILES string of the molecule is C=CC(=O)Nc1cccc(Nc2nc(Nc3ccc(OCC(=O)N4CCOCC4)cc3)ncc2Cl)c1. The van der Waals surface area contributed by atoms with E-state index < -0.39 is 0 Å². The van der Waals surface area contributed by atoms with Crippen molar-refractivity contribution in [1.82, 2.24) is 14.9 Å². The fraction of sp³-hybridized carbons (Fsp3) is 0.200. The Morgan fingerprint density at radius 1 is 1.08 bits per heavy atom. The van der Waals surface area contributed by atoms with Gasteiger partial charge in [-0.3, -0.25) is 9.59 Å². The summed E-state index contributed by atoms with van der Waals surface area (Å²) in [4.78, 5) is 34.2. The maximum atomic E-state index is 12.2. The van der Waals surface area contributed by atoms with Gasteiger partial charge in [0.2, 0.25) is 11.9 Å². The van der Waals surface area contributed by atoms with Crippen LogP contribution in [0.25, 0.3) is 0 Å². The summed E-state index contributed by atoms with van der Waals surface area (Å²) in [6, 6.07) is 14.2. The van der Waals surface area contributed by atoms with Gasteiger partial charge in [-0.2, -0.15) is 4.98 Å². The second-order valence-electron chi connectivity index (χ2n) is 7.72. The molecule has 3 N–H and O–H groups in total. The highest BCUT2D eigenvalue weighted by Gasteiger charge is 2.17. The van der Waals surface area contributed by atoms with Crippen molar-refractivity contribution < 1.29 is 19.1 Å². The van der Waals surface area contributed by atoms with Gasteiger partial charge in [-0.25, -0.2) is 4.98 Å². The number of amides is 2. The number of aromatic nitrogens is 2. The van der Waals surface area contributed by atoms with Crippen molar-refractivity contribution in [2.75, 3.05) is 48.9 Å². The second kappa shape index (κ2) is 12.0. The number of rotatable bonds is 9. The van der Waals surface area contributed by atoms with Crippen LogP contribution in [0.4, 0.5) is 28.8 Å². The van der Waals surface area contributed by atoms with E-state index in [4.69, 9.17) is 21.1 Å². The first-order valence-electron chi connectivity index (χ1n) is 11.2. The van der Waals surface area contributed by atoms with Crippen molar-refractivity contribution in [2.45, 2.75) is 0 Å². The van der Waals surface area contributed by atoms with Gasteiger partial charge in [0.1, 0.15) is 10.8 Å². The normalized spacial score (nSPS) is 13.0. The fourth-order valence-corrected chi connectivity index (χ4v) is 3.47. The first-order valence-corrected chi connectivity index (χ1v) is 11.6. The molecule has 1 aromatic heterocycles. The third-order valence-electron chi connectivity index (χ3n) is 5.16. The quantitative estimate of drug-likeness (QED) is 0.371. The molecule has 2 heterocycles. The number of nitrogens with one attached hydrogen (secondary N) is 3. The van der Waals surface area contributed by atoms with Crippen LogP contribution in [0.15, 0.2) is 67.4 Å². The van der Waals surface area contributed by atoms with Crippen LogP contribution in [-0.4, -0.2) is 59.6 Å². The Morgan fingerprint density at radius 2 is 1.83 bits per heavy atom. The molecule has 1 aliphatic heterocycles. The minimum absolute atomic E-state index is 0.0272. The summed E-state index contributed by atoms with van der Waals surface area (Å²) in [7, 11) is 0. The van der Waals surface area contributed by atoms with Gasteiger partial charge in [-0.15, -0.1) is 0 Å². The molecule has 4 rings (SSSR count). The average molecular weight is 509 g/mol.